The standard InChI is InChI=1S/C24H18ClF3N4O4/c1-22-8-15(31-19(33)12-4-6-16(25)30-10-12)23(2,36-22)18-17(22)20(34)32(21(18)35)13-5-3-11(9-29)14(7-13)24(26,27)28/h3-7,10,15,17-18H,8H2,1-2H3,(H,31,33)/t15-,17-,18+,22?,23?/m1/s1. The molecule has 3 amide bonds. The number of anilines is 1. The number of hydrogen-bond donors (Lipinski definition) is 1. The number of nitrogens with one attached hydrogen (secondary N) is 1. The SMILES string of the molecule is CC12C[C@@H](NC(=O)c3ccc(Cl)nc3)C(C)(O1)[C@@H]1C(=O)N(c3ccc(C#N)c(C(F)(F)F)c3)C(=O)[C@@H]12. The summed E-state index contributed by atoms with van der Waals surface area (Å²) in [6.07, 6.45) is -3.34. The minimum atomic E-state index is -4.85. The summed E-state index contributed by atoms with van der Waals surface area (Å²) in [6, 6.07) is 6.48. The zero-order chi connectivity index (χ0) is 26.2. The van der Waals surface area contributed by atoms with Crippen LogP contribution in [0.15, 0.2) is 36.5 Å². The molecule has 3 saturated heterocycles. The molecule has 0 radical (unpaired) electrons. The second kappa shape index (κ2) is 7.75. The van der Waals surface area contributed by atoms with Gasteiger partial charge in [-0.05, 0) is 44.2 Å². The Bertz CT molecular complexity index is 1360. The second-order valence-corrected chi connectivity index (χ2v) is 9.89. The molecule has 5 rings (SSSR count). The van der Waals surface area contributed by atoms with E-state index in [2.05, 4.69) is 10.3 Å². The van der Waals surface area contributed by atoms with Gasteiger partial charge in [-0.3, -0.25) is 14.4 Å². The maximum atomic E-state index is 13.5. The molecule has 1 aromatic carbocycles. The summed E-state index contributed by atoms with van der Waals surface area (Å²) < 4.78 is 46.7. The van der Waals surface area contributed by atoms with Gasteiger partial charge in [0.2, 0.25) is 11.8 Å². The molecule has 0 saturated carbocycles. The number of carbonyl (C=O) groups is 3. The number of aromatic nitrogens is 1. The maximum Gasteiger partial charge on any atom is 0.417 e. The Morgan fingerprint density at radius 2 is 1.92 bits per heavy atom. The van der Waals surface area contributed by atoms with Gasteiger partial charge in [0.15, 0.2) is 0 Å². The van der Waals surface area contributed by atoms with Crippen LogP contribution in [0.3, 0.4) is 0 Å². The minimum Gasteiger partial charge on any atom is -0.365 e. The molecule has 4 heterocycles. The number of alkyl halides is 3. The molecule has 12 heteroatoms. The zero-order valence-corrected chi connectivity index (χ0v) is 19.6. The molecule has 2 aromatic rings. The molecule has 2 bridgehead atoms. The Morgan fingerprint density at radius 1 is 1.22 bits per heavy atom. The molecule has 5 atom stereocenters. The van der Waals surface area contributed by atoms with Gasteiger partial charge < -0.3 is 10.1 Å². The van der Waals surface area contributed by atoms with Crippen molar-refractivity contribution in [3.05, 3.63) is 58.4 Å². The molecule has 0 spiro atoms. The Morgan fingerprint density at radius 3 is 2.53 bits per heavy atom. The monoisotopic (exact) mass is 518 g/mol. The van der Waals surface area contributed by atoms with E-state index in [0.717, 1.165) is 17.0 Å². The zero-order valence-electron chi connectivity index (χ0n) is 18.9. The van der Waals surface area contributed by atoms with E-state index >= 15 is 0 Å². The number of halogens is 4. The van der Waals surface area contributed by atoms with Crippen molar-refractivity contribution in [3.8, 4) is 6.07 Å². The first-order valence-electron chi connectivity index (χ1n) is 10.9. The molecular weight excluding hydrogens is 501 g/mol. The smallest absolute Gasteiger partial charge is 0.365 e. The quantitative estimate of drug-likeness (QED) is 0.492. The summed E-state index contributed by atoms with van der Waals surface area (Å²) in [7, 11) is 0. The number of carbonyl (C=O) groups excluding carboxylic acids is 3. The van der Waals surface area contributed by atoms with Crippen LogP contribution in [-0.2, 0) is 20.5 Å². The van der Waals surface area contributed by atoms with Gasteiger partial charge in [-0.2, -0.15) is 18.4 Å². The van der Waals surface area contributed by atoms with Gasteiger partial charge in [0.1, 0.15) is 5.15 Å². The molecular formula is C24H18ClF3N4O4. The summed E-state index contributed by atoms with van der Waals surface area (Å²) in [5.74, 6) is -3.84. The van der Waals surface area contributed by atoms with E-state index in [1.165, 1.54) is 24.4 Å². The average Bonchev–Trinajstić information content (AvgIpc) is 3.33. The Kier molecular flexibility index (Phi) is 5.21. The Labute approximate surface area is 208 Å². The summed E-state index contributed by atoms with van der Waals surface area (Å²) in [6.45, 7) is 3.27. The fraction of sp³-hybridized carbons (Fsp3) is 0.375. The third-order valence-electron chi connectivity index (χ3n) is 7.32. The number of ether oxygens (including phenoxy) is 1. The lowest BCUT2D eigenvalue weighted by Crippen LogP contribution is -2.56. The number of amides is 3. The van der Waals surface area contributed by atoms with Crippen LogP contribution in [-0.4, -0.2) is 39.9 Å². The Balaban J connectivity index is 1.48. The van der Waals surface area contributed by atoms with E-state index in [0.29, 0.717) is 6.07 Å². The Hall–Kier alpha value is -3.49. The molecule has 3 aliphatic rings. The van der Waals surface area contributed by atoms with Crippen LogP contribution >= 0.6 is 11.6 Å². The van der Waals surface area contributed by atoms with E-state index in [4.69, 9.17) is 21.6 Å². The average molecular weight is 519 g/mol. The number of nitriles is 1. The lowest BCUT2D eigenvalue weighted by Gasteiger charge is -2.35. The van der Waals surface area contributed by atoms with E-state index in [9.17, 15) is 27.6 Å². The second-order valence-electron chi connectivity index (χ2n) is 9.51. The number of hydrogen-bond acceptors (Lipinski definition) is 6. The number of fused-ring (bicyclic) bond motifs is 5. The number of pyridine rings is 1. The van der Waals surface area contributed by atoms with Crippen LogP contribution < -0.4 is 10.2 Å². The topological polar surface area (TPSA) is 112 Å². The summed E-state index contributed by atoms with van der Waals surface area (Å²) in [4.78, 5) is 44.4. The summed E-state index contributed by atoms with van der Waals surface area (Å²) in [5, 5.41) is 12.1. The molecule has 1 aromatic heterocycles. The van der Waals surface area contributed by atoms with Gasteiger partial charge in [-0.15, -0.1) is 0 Å². The molecule has 2 unspecified atom stereocenters. The summed E-state index contributed by atoms with van der Waals surface area (Å²) in [5.41, 5.74) is -4.30. The van der Waals surface area contributed by atoms with Crippen molar-refractivity contribution in [3.63, 3.8) is 0 Å². The van der Waals surface area contributed by atoms with Gasteiger partial charge in [-0.1, -0.05) is 11.6 Å². The van der Waals surface area contributed by atoms with Crippen LogP contribution in [0, 0.1) is 23.2 Å². The van der Waals surface area contributed by atoms with E-state index < -0.39 is 64.1 Å². The van der Waals surface area contributed by atoms with E-state index in [1.807, 2.05) is 0 Å². The lowest BCUT2D eigenvalue weighted by atomic mass is 9.66. The highest BCUT2D eigenvalue weighted by molar-refractivity contribution is 6.29. The molecule has 3 fully saturated rings. The highest BCUT2D eigenvalue weighted by Gasteiger charge is 2.76. The van der Waals surface area contributed by atoms with Crippen molar-refractivity contribution in [2.45, 2.75) is 43.7 Å². The van der Waals surface area contributed by atoms with Crippen molar-refractivity contribution in [1.82, 2.24) is 10.3 Å². The van der Waals surface area contributed by atoms with Crippen LogP contribution in [0.5, 0.6) is 0 Å². The summed E-state index contributed by atoms with van der Waals surface area (Å²) >= 11 is 5.77. The fourth-order valence-corrected chi connectivity index (χ4v) is 5.87. The largest absolute Gasteiger partial charge is 0.417 e. The van der Waals surface area contributed by atoms with Crippen LogP contribution in [0.25, 0.3) is 0 Å². The third-order valence-corrected chi connectivity index (χ3v) is 7.54. The van der Waals surface area contributed by atoms with Gasteiger partial charge in [-0.25, -0.2) is 9.88 Å². The van der Waals surface area contributed by atoms with Gasteiger partial charge in [0.05, 0.1) is 57.5 Å². The van der Waals surface area contributed by atoms with E-state index in [-0.39, 0.29) is 22.8 Å². The van der Waals surface area contributed by atoms with E-state index in [1.54, 1.807) is 13.8 Å². The fourth-order valence-electron chi connectivity index (χ4n) is 5.76. The molecule has 0 aliphatic carbocycles. The number of nitrogens with zero attached hydrogens (tertiary/aromatic N) is 3. The molecule has 36 heavy (non-hydrogen) atoms. The highest BCUT2D eigenvalue weighted by atomic mass is 35.5. The first-order valence-corrected chi connectivity index (χ1v) is 11.3. The van der Waals surface area contributed by atoms with Gasteiger partial charge in [0.25, 0.3) is 5.91 Å². The predicted octanol–water partition coefficient (Wildman–Crippen LogP) is 3.48. The molecule has 1 N–H and O–H groups in total. The predicted molar refractivity (Wildman–Crippen MR) is 119 cm³/mol. The lowest BCUT2D eigenvalue weighted by molar-refractivity contribution is -0.138. The van der Waals surface area contributed by atoms with Crippen molar-refractivity contribution in [2.24, 2.45) is 11.8 Å². The molecule has 186 valence electrons. The van der Waals surface area contributed by atoms with Crippen molar-refractivity contribution in [1.29, 1.82) is 5.26 Å². The van der Waals surface area contributed by atoms with Crippen LogP contribution in [0.1, 0.15) is 41.8 Å². The number of benzene rings is 1. The van der Waals surface area contributed by atoms with Crippen LogP contribution in [0.4, 0.5) is 18.9 Å². The highest BCUT2D eigenvalue weighted by Crippen LogP contribution is 2.61. The van der Waals surface area contributed by atoms with Gasteiger partial charge in [0, 0.05) is 12.6 Å². The van der Waals surface area contributed by atoms with Crippen LogP contribution in [0.2, 0.25) is 5.15 Å². The van der Waals surface area contributed by atoms with Crippen molar-refractivity contribution >= 4 is 35.0 Å². The first-order chi connectivity index (χ1) is 16.8. The van der Waals surface area contributed by atoms with Crippen molar-refractivity contribution < 1.29 is 32.3 Å². The normalized spacial score (nSPS) is 30.9. The maximum absolute atomic E-state index is 13.5. The third kappa shape index (κ3) is 3.39. The first kappa shape index (κ1) is 24.2. The van der Waals surface area contributed by atoms with Gasteiger partial charge >= 0.3 is 6.18 Å². The van der Waals surface area contributed by atoms with Crippen molar-refractivity contribution in [2.75, 3.05) is 4.90 Å². The number of imide groups is 1. The molecule has 8 nitrogen and oxygen atoms in total. The minimum absolute atomic E-state index is 0.212. The number of rotatable bonds is 3. The molecule has 3 aliphatic heterocycles.